The van der Waals surface area contributed by atoms with Crippen molar-refractivity contribution >= 4 is 5.97 Å². The van der Waals surface area contributed by atoms with E-state index in [1.807, 2.05) is 0 Å². The molecule has 1 aromatic rings. The Bertz CT molecular complexity index is 517. The summed E-state index contributed by atoms with van der Waals surface area (Å²) in [5.41, 5.74) is 0.0137. The fourth-order valence-electron chi connectivity index (χ4n) is 1.91. The van der Waals surface area contributed by atoms with Gasteiger partial charge in [0.15, 0.2) is 11.5 Å². The van der Waals surface area contributed by atoms with E-state index in [9.17, 15) is 20.1 Å². The Morgan fingerprint density at radius 3 is 2.57 bits per heavy atom. The predicted octanol–water partition coefficient (Wildman–Crippen LogP) is -0.789. The van der Waals surface area contributed by atoms with Gasteiger partial charge in [-0.15, -0.1) is 0 Å². The first-order valence-corrected chi connectivity index (χ1v) is 6.18. The van der Waals surface area contributed by atoms with Crippen LogP contribution in [0.5, 0.6) is 11.5 Å². The minimum absolute atomic E-state index is 0.0137. The van der Waals surface area contributed by atoms with E-state index in [2.05, 4.69) is 0 Å². The third kappa shape index (κ3) is 3.24. The summed E-state index contributed by atoms with van der Waals surface area (Å²) < 4.78 is 15.5. The van der Waals surface area contributed by atoms with Crippen LogP contribution >= 0.6 is 0 Å². The molecular weight excluding hydrogens is 284 g/mol. The van der Waals surface area contributed by atoms with Gasteiger partial charge in [-0.3, -0.25) is 0 Å². The van der Waals surface area contributed by atoms with Gasteiger partial charge in [0.2, 0.25) is 6.29 Å². The van der Waals surface area contributed by atoms with Gasteiger partial charge >= 0.3 is 5.97 Å². The molecule has 1 heterocycles. The van der Waals surface area contributed by atoms with Crippen molar-refractivity contribution in [3.63, 3.8) is 0 Å². The van der Waals surface area contributed by atoms with Crippen LogP contribution in [-0.2, 0) is 4.74 Å². The largest absolute Gasteiger partial charge is 0.493 e. The summed E-state index contributed by atoms with van der Waals surface area (Å²) in [5.74, 6) is -0.825. The van der Waals surface area contributed by atoms with Crippen LogP contribution in [0.25, 0.3) is 0 Å². The summed E-state index contributed by atoms with van der Waals surface area (Å²) in [6, 6.07) is 3.93. The van der Waals surface area contributed by atoms with Crippen molar-refractivity contribution in [2.45, 2.75) is 24.6 Å². The van der Waals surface area contributed by atoms with Gasteiger partial charge in [-0.25, -0.2) is 4.79 Å². The normalized spacial score (nSPS) is 29.0. The smallest absolute Gasteiger partial charge is 0.335 e. The van der Waals surface area contributed by atoms with Crippen LogP contribution in [0.15, 0.2) is 18.2 Å². The molecule has 0 spiro atoms. The molecule has 4 N–H and O–H groups in total. The quantitative estimate of drug-likeness (QED) is 0.570. The Labute approximate surface area is 120 Å². The number of benzene rings is 1. The number of carbonyl (C=O) groups is 1. The molecule has 0 amide bonds. The Kier molecular flexibility index (Phi) is 4.63. The number of hydrogen-bond acceptors (Lipinski definition) is 7. The number of aromatic carboxylic acids is 1. The number of carboxylic acid groups (broad SMARTS) is 1. The van der Waals surface area contributed by atoms with E-state index in [0.29, 0.717) is 0 Å². The molecule has 8 heteroatoms. The van der Waals surface area contributed by atoms with Gasteiger partial charge in [0, 0.05) is 0 Å². The highest BCUT2D eigenvalue weighted by molar-refractivity contribution is 5.88. The first-order valence-electron chi connectivity index (χ1n) is 6.18. The lowest BCUT2D eigenvalue weighted by atomic mass is 10.1. The zero-order chi connectivity index (χ0) is 15.6. The fourth-order valence-corrected chi connectivity index (χ4v) is 1.91. The molecule has 0 saturated carbocycles. The molecule has 0 aliphatic carbocycles. The molecule has 1 aromatic carbocycles. The van der Waals surface area contributed by atoms with E-state index in [0.717, 1.165) is 0 Å². The Morgan fingerprint density at radius 1 is 1.24 bits per heavy atom. The van der Waals surface area contributed by atoms with Gasteiger partial charge in [0.25, 0.3) is 0 Å². The maximum atomic E-state index is 10.9. The summed E-state index contributed by atoms with van der Waals surface area (Å²) >= 11 is 0. The third-order valence-electron chi connectivity index (χ3n) is 3.11. The van der Waals surface area contributed by atoms with Crippen LogP contribution in [0.2, 0.25) is 0 Å². The molecule has 1 saturated heterocycles. The van der Waals surface area contributed by atoms with E-state index in [4.69, 9.17) is 19.3 Å². The number of aliphatic hydroxyl groups is 3. The van der Waals surface area contributed by atoms with Crippen molar-refractivity contribution in [3.8, 4) is 11.5 Å². The van der Waals surface area contributed by atoms with Gasteiger partial charge in [0.05, 0.1) is 19.3 Å². The first kappa shape index (κ1) is 15.5. The van der Waals surface area contributed by atoms with E-state index in [1.165, 1.54) is 25.3 Å². The molecular formula is C13H16O8. The maximum absolute atomic E-state index is 10.9. The summed E-state index contributed by atoms with van der Waals surface area (Å²) in [6.07, 6.45) is -5.24. The van der Waals surface area contributed by atoms with E-state index < -0.39 is 30.6 Å². The molecule has 1 aliphatic rings. The second-order valence-corrected chi connectivity index (χ2v) is 4.54. The Morgan fingerprint density at radius 2 is 1.95 bits per heavy atom. The zero-order valence-corrected chi connectivity index (χ0v) is 11.2. The zero-order valence-electron chi connectivity index (χ0n) is 11.2. The molecule has 1 aliphatic heterocycles. The summed E-state index contributed by atoms with van der Waals surface area (Å²) in [7, 11) is 1.34. The van der Waals surface area contributed by atoms with Crippen molar-refractivity contribution in [2.75, 3.05) is 13.7 Å². The van der Waals surface area contributed by atoms with E-state index in [1.54, 1.807) is 0 Å². The molecule has 8 nitrogen and oxygen atoms in total. The Balaban J connectivity index is 2.17. The number of methoxy groups -OCH3 is 1. The molecule has 0 radical (unpaired) electrons. The average molecular weight is 300 g/mol. The van der Waals surface area contributed by atoms with Crippen molar-refractivity contribution in [1.82, 2.24) is 0 Å². The molecule has 1 fully saturated rings. The second-order valence-electron chi connectivity index (χ2n) is 4.54. The SMILES string of the molecule is COc1cc(C(=O)O)ccc1O[C@@H]1OC[C@@H](O)[C@H](O)[C@H]1O. The lowest BCUT2D eigenvalue weighted by Gasteiger charge is -2.35. The third-order valence-corrected chi connectivity index (χ3v) is 3.11. The van der Waals surface area contributed by atoms with E-state index >= 15 is 0 Å². The molecule has 116 valence electrons. The van der Waals surface area contributed by atoms with Gasteiger partial charge in [-0.05, 0) is 18.2 Å². The molecule has 2 rings (SSSR count). The summed E-state index contributed by atoms with van der Waals surface area (Å²) in [4.78, 5) is 10.9. The summed E-state index contributed by atoms with van der Waals surface area (Å²) in [5, 5.41) is 37.6. The van der Waals surface area contributed by atoms with Crippen molar-refractivity contribution < 1.29 is 39.4 Å². The van der Waals surface area contributed by atoms with Crippen LogP contribution in [-0.4, -0.2) is 64.7 Å². The van der Waals surface area contributed by atoms with Crippen molar-refractivity contribution in [2.24, 2.45) is 0 Å². The fraction of sp³-hybridized carbons (Fsp3) is 0.462. The van der Waals surface area contributed by atoms with Crippen LogP contribution < -0.4 is 9.47 Å². The monoisotopic (exact) mass is 300 g/mol. The van der Waals surface area contributed by atoms with Gasteiger partial charge in [-0.1, -0.05) is 0 Å². The van der Waals surface area contributed by atoms with Crippen molar-refractivity contribution in [3.05, 3.63) is 23.8 Å². The molecule has 0 bridgehead atoms. The van der Waals surface area contributed by atoms with Gasteiger partial charge in [0.1, 0.15) is 18.3 Å². The van der Waals surface area contributed by atoms with Crippen LogP contribution in [0.1, 0.15) is 10.4 Å². The topological polar surface area (TPSA) is 126 Å². The number of hydrogen-bond donors (Lipinski definition) is 4. The standard InChI is InChI=1S/C13H16O8/c1-19-9-4-6(12(17)18)2-3-8(9)21-13-11(16)10(15)7(14)5-20-13/h2-4,7,10-11,13-16H,5H2,1H3,(H,17,18)/t7-,10+,11-,13+/m1/s1. The maximum Gasteiger partial charge on any atom is 0.335 e. The van der Waals surface area contributed by atoms with Gasteiger partial charge < -0.3 is 34.6 Å². The lowest BCUT2D eigenvalue weighted by molar-refractivity contribution is -0.242. The second kappa shape index (κ2) is 6.27. The molecule has 21 heavy (non-hydrogen) atoms. The minimum atomic E-state index is -1.45. The number of aliphatic hydroxyl groups excluding tert-OH is 3. The molecule has 4 atom stereocenters. The highest BCUT2D eigenvalue weighted by Crippen LogP contribution is 2.30. The lowest BCUT2D eigenvalue weighted by Crippen LogP contribution is -2.54. The average Bonchev–Trinajstić information content (AvgIpc) is 2.48. The predicted molar refractivity (Wildman–Crippen MR) is 68.3 cm³/mol. The van der Waals surface area contributed by atoms with Crippen LogP contribution in [0.4, 0.5) is 0 Å². The number of ether oxygens (including phenoxy) is 3. The minimum Gasteiger partial charge on any atom is -0.493 e. The van der Waals surface area contributed by atoms with Crippen LogP contribution in [0, 0.1) is 0 Å². The highest BCUT2D eigenvalue weighted by Gasteiger charge is 2.39. The highest BCUT2D eigenvalue weighted by atomic mass is 16.7. The molecule has 0 aromatic heterocycles. The number of carboxylic acids is 1. The van der Waals surface area contributed by atoms with E-state index in [-0.39, 0.29) is 23.7 Å². The summed E-state index contributed by atoms with van der Waals surface area (Å²) in [6.45, 7) is -0.196. The van der Waals surface area contributed by atoms with Gasteiger partial charge in [-0.2, -0.15) is 0 Å². The Hall–Kier alpha value is -1.87. The molecule has 0 unspecified atom stereocenters. The first-order chi connectivity index (χ1) is 9.93. The number of rotatable bonds is 4. The van der Waals surface area contributed by atoms with Crippen LogP contribution in [0.3, 0.4) is 0 Å². The van der Waals surface area contributed by atoms with Crippen molar-refractivity contribution in [1.29, 1.82) is 0 Å².